The summed E-state index contributed by atoms with van der Waals surface area (Å²) in [4.78, 5) is 9.27. The molecule has 0 fully saturated rings. The smallest absolute Gasteiger partial charge is 0.451 e. The molecule has 0 bridgehead atoms. The van der Waals surface area contributed by atoms with Crippen molar-refractivity contribution >= 4 is 16.7 Å². The van der Waals surface area contributed by atoms with Crippen molar-refractivity contribution in [1.29, 1.82) is 0 Å². The number of fused-ring (bicyclic) bond motifs is 1. The number of anilines is 1. The average molecular weight is 395 g/mol. The minimum atomic E-state index is -4.66. The molecule has 28 heavy (non-hydrogen) atoms. The van der Waals surface area contributed by atoms with Crippen LogP contribution in [0.5, 0.6) is 5.75 Å². The molecule has 0 unspecified atom stereocenters. The van der Waals surface area contributed by atoms with Crippen LogP contribution in [0.15, 0.2) is 30.5 Å². The van der Waals surface area contributed by atoms with Gasteiger partial charge in [-0.2, -0.15) is 18.3 Å². The lowest BCUT2D eigenvalue weighted by Gasteiger charge is -2.25. The van der Waals surface area contributed by atoms with E-state index in [1.165, 1.54) is 20.3 Å². The van der Waals surface area contributed by atoms with Crippen molar-refractivity contribution in [2.45, 2.75) is 12.7 Å². The molecular weight excluding hydrogens is 375 g/mol. The number of hydrogen-bond acceptors (Lipinski definition) is 6. The highest BCUT2D eigenvalue weighted by Crippen LogP contribution is 2.33. The van der Waals surface area contributed by atoms with Gasteiger partial charge in [0, 0.05) is 32.3 Å². The van der Waals surface area contributed by atoms with Crippen molar-refractivity contribution in [2.75, 3.05) is 32.3 Å². The number of methoxy groups -OCH3 is 2. The molecule has 7 nitrogen and oxygen atoms in total. The van der Waals surface area contributed by atoms with Gasteiger partial charge in [0.1, 0.15) is 11.6 Å². The largest absolute Gasteiger partial charge is 0.497 e. The van der Waals surface area contributed by atoms with Gasteiger partial charge in [0.05, 0.1) is 31.5 Å². The Balaban J connectivity index is 2.17. The van der Waals surface area contributed by atoms with Crippen molar-refractivity contribution in [2.24, 2.45) is 7.05 Å². The first-order valence-corrected chi connectivity index (χ1v) is 8.47. The maximum Gasteiger partial charge on any atom is 0.451 e. The SMILES string of the molecule is COCCN(Cc1ccnn1C)c1nc(C(F)(F)F)nc2ccc(OC)cc12. The minimum absolute atomic E-state index is 0.162. The highest BCUT2D eigenvalue weighted by Gasteiger charge is 2.36. The maximum atomic E-state index is 13.4. The molecule has 3 rings (SSSR count). The lowest BCUT2D eigenvalue weighted by Crippen LogP contribution is -2.30. The van der Waals surface area contributed by atoms with Crippen LogP contribution in [0.2, 0.25) is 0 Å². The topological polar surface area (TPSA) is 65.3 Å². The molecule has 0 radical (unpaired) electrons. The van der Waals surface area contributed by atoms with E-state index >= 15 is 0 Å². The number of aryl methyl sites for hydroxylation is 1. The van der Waals surface area contributed by atoms with E-state index in [2.05, 4.69) is 15.1 Å². The Kier molecular flexibility index (Phi) is 5.68. The van der Waals surface area contributed by atoms with Crippen LogP contribution < -0.4 is 9.64 Å². The van der Waals surface area contributed by atoms with Gasteiger partial charge in [0.15, 0.2) is 0 Å². The molecule has 0 N–H and O–H groups in total. The third kappa shape index (κ3) is 4.16. The molecule has 2 aromatic heterocycles. The zero-order valence-corrected chi connectivity index (χ0v) is 15.7. The molecule has 0 amide bonds. The monoisotopic (exact) mass is 395 g/mol. The molecule has 0 atom stereocenters. The molecule has 3 aromatic rings. The third-order valence-corrected chi connectivity index (χ3v) is 4.28. The zero-order chi connectivity index (χ0) is 20.3. The van der Waals surface area contributed by atoms with Crippen LogP contribution in [0.1, 0.15) is 11.5 Å². The van der Waals surface area contributed by atoms with Gasteiger partial charge >= 0.3 is 6.18 Å². The Labute approximate surface area is 159 Å². The van der Waals surface area contributed by atoms with Crippen molar-refractivity contribution in [3.63, 3.8) is 0 Å². The second kappa shape index (κ2) is 8.01. The van der Waals surface area contributed by atoms with Crippen LogP contribution in [-0.4, -0.2) is 47.1 Å². The van der Waals surface area contributed by atoms with Crippen LogP contribution in [0.3, 0.4) is 0 Å². The molecular formula is C18H20F3N5O2. The average Bonchev–Trinajstić information content (AvgIpc) is 3.07. The quantitative estimate of drug-likeness (QED) is 0.613. The summed E-state index contributed by atoms with van der Waals surface area (Å²) in [6.45, 7) is 0.956. The first-order chi connectivity index (χ1) is 13.3. The number of alkyl halides is 3. The standard InChI is InChI=1S/C18H20F3N5O2/c1-25-12(6-7-22-25)11-26(8-9-27-2)16-14-10-13(28-3)4-5-15(14)23-17(24-16)18(19,20)21/h4-7,10H,8-9,11H2,1-3H3. The number of rotatable bonds is 7. The van der Waals surface area contributed by atoms with Gasteiger partial charge in [-0.3, -0.25) is 4.68 Å². The van der Waals surface area contributed by atoms with Gasteiger partial charge in [-0.15, -0.1) is 0 Å². The Morgan fingerprint density at radius 3 is 2.54 bits per heavy atom. The summed E-state index contributed by atoms with van der Waals surface area (Å²) in [7, 11) is 4.79. The van der Waals surface area contributed by atoms with E-state index in [0.717, 1.165) is 5.69 Å². The zero-order valence-electron chi connectivity index (χ0n) is 15.7. The van der Waals surface area contributed by atoms with Crippen LogP contribution in [-0.2, 0) is 24.5 Å². The molecule has 0 aliphatic heterocycles. The van der Waals surface area contributed by atoms with Crippen LogP contribution >= 0.6 is 0 Å². The number of ether oxygens (including phenoxy) is 2. The molecule has 0 saturated carbocycles. The van der Waals surface area contributed by atoms with Crippen molar-refractivity contribution < 1.29 is 22.6 Å². The fraction of sp³-hybridized carbons (Fsp3) is 0.389. The third-order valence-electron chi connectivity index (χ3n) is 4.28. The fourth-order valence-electron chi connectivity index (χ4n) is 2.80. The Morgan fingerprint density at radius 1 is 1.14 bits per heavy atom. The van der Waals surface area contributed by atoms with E-state index in [9.17, 15) is 13.2 Å². The fourth-order valence-corrected chi connectivity index (χ4v) is 2.80. The lowest BCUT2D eigenvalue weighted by molar-refractivity contribution is -0.144. The molecule has 1 aromatic carbocycles. The summed E-state index contributed by atoms with van der Waals surface area (Å²) in [5.41, 5.74) is 1.00. The first kappa shape index (κ1) is 19.9. The summed E-state index contributed by atoms with van der Waals surface area (Å²) in [5.74, 6) is -0.522. The number of halogens is 3. The Morgan fingerprint density at radius 2 is 1.93 bits per heavy atom. The van der Waals surface area contributed by atoms with Crippen molar-refractivity contribution in [1.82, 2.24) is 19.7 Å². The highest BCUT2D eigenvalue weighted by molar-refractivity contribution is 5.90. The van der Waals surface area contributed by atoms with Crippen LogP contribution in [0.4, 0.5) is 19.0 Å². The van der Waals surface area contributed by atoms with Gasteiger partial charge in [-0.1, -0.05) is 0 Å². The van der Waals surface area contributed by atoms with E-state index < -0.39 is 12.0 Å². The van der Waals surface area contributed by atoms with Gasteiger partial charge in [0.25, 0.3) is 0 Å². The minimum Gasteiger partial charge on any atom is -0.497 e. The summed E-state index contributed by atoms with van der Waals surface area (Å²) < 4.78 is 52.2. The molecule has 150 valence electrons. The second-order valence-electron chi connectivity index (χ2n) is 6.11. The van der Waals surface area contributed by atoms with Gasteiger partial charge in [-0.25, -0.2) is 9.97 Å². The summed E-state index contributed by atoms with van der Waals surface area (Å²) in [5, 5.41) is 4.58. The summed E-state index contributed by atoms with van der Waals surface area (Å²) >= 11 is 0. The Bertz CT molecular complexity index is 958. The van der Waals surface area contributed by atoms with E-state index in [1.54, 1.807) is 41.0 Å². The predicted octanol–water partition coefficient (Wildman–Crippen LogP) is 3.04. The van der Waals surface area contributed by atoms with E-state index in [1.807, 2.05) is 0 Å². The van der Waals surface area contributed by atoms with E-state index in [0.29, 0.717) is 30.8 Å². The summed E-state index contributed by atoms with van der Waals surface area (Å²) in [6, 6.07) is 6.50. The molecule has 2 heterocycles. The molecule has 10 heteroatoms. The summed E-state index contributed by atoms with van der Waals surface area (Å²) in [6.07, 6.45) is -3.03. The van der Waals surface area contributed by atoms with Crippen molar-refractivity contribution in [3.05, 3.63) is 42.0 Å². The number of hydrogen-bond donors (Lipinski definition) is 0. The van der Waals surface area contributed by atoms with Crippen LogP contribution in [0, 0.1) is 0 Å². The van der Waals surface area contributed by atoms with Gasteiger partial charge in [0.2, 0.25) is 5.82 Å². The van der Waals surface area contributed by atoms with E-state index in [4.69, 9.17) is 9.47 Å². The number of nitrogens with zero attached hydrogens (tertiary/aromatic N) is 5. The first-order valence-electron chi connectivity index (χ1n) is 8.47. The second-order valence-corrected chi connectivity index (χ2v) is 6.11. The van der Waals surface area contributed by atoms with E-state index in [-0.39, 0.29) is 11.3 Å². The maximum absolute atomic E-state index is 13.4. The molecule has 0 spiro atoms. The Hall–Kier alpha value is -2.88. The normalized spacial score (nSPS) is 11.8. The van der Waals surface area contributed by atoms with Gasteiger partial charge < -0.3 is 14.4 Å². The predicted molar refractivity (Wildman–Crippen MR) is 97.2 cm³/mol. The number of benzene rings is 1. The number of aromatic nitrogens is 4. The molecule has 0 saturated heterocycles. The molecule has 0 aliphatic carbocycles. The molecule has 0 aliphatic rings. The van der Waals surface area contributed by atoms with Crippen LogP contribution in [0.25, 0.3) is 10.9 Å². The highest BCUT2D eigenvalue weighted by atomic mass is 19.4. The van der Waals surface area contributed by atoms with Gasteiger partial charge in [-0.05, 0) is 24.3 Å². The van der Waals surface area contributed by atoms with Crippen molar-refractivity contribution in [3.8, 4) is 5.75 Å². The lowest BCUT2D eigenvalue weighted by atomic mass is 10.2.